The Morgan fingerprint density at radius 2 is 2.12 bits per heavy atom. The smallest absolute Gasteiger partial charge is 0.233 e. The van der Waals surface area contributed by atoms with Crippen LogP contribution in [0.2, 0.25) is 0 Å². The highest BCUT2D eigenvalue weighted by Crippen LogP contribution is 2.28. The summed E-state index contributed by atoms with van der Waals surface area (Å²) in [5, 5.41) is 0. The van der Waals surface area contributed by atoms with Gasteiger partial charge in [-0.25, -0.2) is 4.98 Å². The largest absolute Gasteiger partial charge is 0.438 e. The van der Waals surface area contributed by atoms with E-state index in [0.717, 1.165) is 21.5 Å². The number of nitrogens with two attached hydrogens (primary N) is 1. The minimum absolute atomic E-state index is 0.548. The molecule has 4 heteroatoms. The molecule has 1 aromatic carbocycles. The molecule has 0 amide bonds. The standard InChI is InChI=1S/C12H11BrN2O/c1-8-7-9(4-5-11(8)14)16-12-10(13)3-2-6-15-12/h2-7H,14H2,1H3. The van der Waals surface area contributed by atoms with E-state index in [9.17, 15) is 0 Å². The zero-order valence-electron chi connectivity index (χ0n) is 8.77. The van der Waals surface area contributed by atoms with Crippen LogP contribution in [-0.4, -0.2) is 4.98 Å². The molecule has 82 valence electrons. The molecule has 0 unspecified atom stereocenters. The van der Waals surface area contributed by atoms with Crippen molar-refractivity contribution in [2.24, 2.45) is 0 Å². The molecule has 0 aliphatic rings. The minimum Gasteiger partial charge on any atom is -0.438 e. The summed E-state index contributed by atoms with van der Waals surface area (Å²) in [4.78, 5) is 4.13. The van der Waals surface area contributed by atoms with E-state index < -0.39 is 0 Å². The van der Waals surface area contributed by atoms with Crippen molar-refractivity contribution >= 4 is 21.6 Å². The second-order valence-electron chi connectivity index (χ2n) is 3.41. The van der Waals surface area contributed by atoms with Crippen LogP contribution in [0.4, 0.5) is 5.69 Å². The highest BCUT2D eigenvalue weighted by Gasteiger charge is 2.04. The summed E-state index contributed by atoms with van der Waals surface area (Å²) < 4.78 is 6.46. The predicted octanol–water partition coefficient (Wildman–Crippen LogP) is 3.53. The molecule has 2 N–H and O–H groups in total. The summed E-state index contributed by atoms with van der Waals surface area (Å²) in [7, 11) is 0. The second kappa shape index (κ2) is 4.53. The first kappa shape index (κ1) is 11.0. The Hall–Kier alpha value is -1.55. The first-order chi connectivity index (χ1) is 7.66. The van der Waals surface area contributed by atoms with Crippen LogP contribution in [0.25, 0.3) is 0 Å². The molecule has 1 heterocycles. The van der Waals surface area contributed by atoms with Crippen LogP contribution in [-0.2, 0) is 0 Å². The molecule has 0 aliphatic carbocycles. The number of pyridine rings is 1. The molecule has 0 spiro atoms. The Bertz CT molecular complexity index is 514. The summed E-state index contributed by atoms with van der Waals surface area (Å²) >= 11 is 3.37. The number of ether oxygens (including phenoxy) is 1. The van der Waals surface area contributed by atoms with Crippen molar-refractivity contribution < 1.29 is 4.74 Å². The summed E-state index contributed by atoms with van der Waals surface area (Å²) in [6, 6.07) is 9.25. The maximum Gasteiger partial charge on any atom is 0.233 e. The summed E-state index contributed by atoms with van der Waals surface area (Å²) in [6.45, 7) is 1.94. The van der Waals surface area contributed by atoms with E-state index in [-0.39, 0.29) is 0 Å². The van der Waals surface area contributed by atoms with Crippen molar-refractivity contribution in [3.8, 4) is 11.6 Å². The summed E-state index contributed by atoms with van der Waals surface area (Å²) in [6.07, 6.45) is 1.68. The molecule has 0 saturated heterocycles. The fraction of sp³-hybridized carbons (Fsp3) is 0.0833. The molecule has 2 rings (SSSR count). The van der Waals surface area contributed by atoms with Gasteiger partial charge in [-0.1, -0.05) is 0 Å². The lowest BCUT2D eigenvalue weighted by atomic mass is 10.2. The van der Waals surface area contributed by atoms with Crippen molar-refractivity contribution in [2.75, 3.05) is 5.73 Å². The zero-order chi connectivity index (χ0) is 11.5. The Kier molecular flexibility index (Phi) is 3.10. The lowest BCUT2D eigenvalue weighted by Crippen LogP contribution is -1.92. The number of rotatable bonds is 2. The number of aromatic nitrogens is 1. The van der Waals surface area contributed by atoms with E-state index in [1.54, 1.807) is 6.20 Å². The minimum atomic E-state index is 0.548. The van der Waals surface area contributed by atoms with Gasteiger partial charge in [0.2, 0.25) is 5.88 Å². The predicted molar refractivity (Wildman–Crippen MR) is 67.6 cm³/mol. The molecule has 0 bridgehead atoms. The van der Waals surface area contributed by atoms with E-state index in [2.05, 4.69) is 20.9 Å². The monoisotopic (exact) mass is 278 g/mol. The number of hydrogen-bond acceptors (Lipinski definition) is 3. The van der Waals surface area contributed by atoms with Crippen molar-refractivity contribution in [2.45, 2.75) is 6.92 Å². The number of nitrogens with zero attached hydrogens (tertiary/aromatic N) is 1. The van der Waals surface area contributed by atoms with Crippen molar-refractivity contribution in [1.82, 2.24) is 4.98 Å². The highest BCUT2D eigenvalue weighted by molar-refractivity contribution is 9.10. The zero-order valence-corrected chi connectivity index (χ0v) is 10.4. The van der Waals surface area contributed by atoms with Crippen molar-refractivity contribution in [1.29, 1.82) is 0 Å². The average Bonchev–Trinajstić information content (AvgIpc) is 2.27. The summed E-state index contributed by atoms with van der Waals surface area (Å²) in [5.74, 6) is 1.28. The Labute approximate surface area is 102 Å². The van der Waals surface area contributed by atoms with Crippen molar-refractivity contribution in [3.63, 3.8) is 0 Å². The second-order valence-corrected chi connectivity index (χ2v) is 4.27. The average molecular weight is 279 g/mol. The van der Waals surface area contributed by atoms with Crippen LogP contribution in [0.1, 0.15) is 5.56 Å². The molecule has 0 fully saturated rings. The van der Waals surface area contributed by atoms with E-state index >= 15 is 0 Å². The van der Waals surface area contributed by atoms with Gasteiger partial charge in [0.15, 0.2) is 0 Å². The topological polar surface area (TPSA) is 48.1 Å². The Balaban J connectivity index is 2.28. The lowest BCUT2D eigenvalue weighted by Gasteiger charge is -2.07. The van der Waals surface area contributed by atoms with Gasteiger partial charge in [0.05, 0.1) is 4.47 Å². The number of aryl methyl sites for hydroxylation is 1. The van der Waals surface area contributed by atoms with Gasteiger partial charge >= 0.3 is 0 Å². The van der Waals surface area contributed by atoms with E-state index in [1.165, 1.54) is 0 Å². The van der Waals surface area contributed by atoms with Gasteiger partial charge in [-0.05, 0) is 58.7 Å². The molecule has 2 aromatic rings. The van der Waals surface area contributed by atoms with Crippen LogP contribution >= 0.6 is 15.9 Å². The van der Waals surface area contributed by atoms with Gasteiger partial charge in [0.25, 0.3) is 0 Å². The fourth-order valence-electron chi connectivity index (χ4n) is 1.27. The van der Waals surface area contributed by atoms with E-state index in [1.807, 2.05) is 37.3 Å². The van der Waals surface area contributed by atoms with E-state index in [4.69, 9.17) is 10.5 Å². The van der Waals surface area contributed by atoms with Gasteiger partial charge in [-0.2, -0.15) is 0 Å². The number of benzene rings is 1. The molecular formula is C12H11BrN2O. The lowest BCUT2D eigenvalue weighted by molar-refractivity contribution is 0.459. The third kappa shape index (κ3) is 2.33. The molecule has 0 atom stereocenters. The van der Waals surface area contributed by atoms with Crippen molar-refractivity contribution in [3.05, 3.63) is 46.6 Å². The number of nitrogen functional groups attached to an aromatic ring is 1. The third-order valence-electron chi connectivity index (χ3n) is 2.18. The maximum absolute atomic E-state index is 5.73. The Morgan fingerprint density at radius 1 is 1.31 bits per heavy atom. The van der Waals surface area contributed by atoms with Crippen LogP contribution < -0.4 is 10.5 Å². The van der Waals surface area contributed by atoms with Gasteiger partial charge < -0.3 is 10.5 Å². The molecular weight excluding hydrogens is 268 g/mol. The molecule has 1 aromatic heterocycles. The van der Waals surface area contributed by atoms with E-state index in [0.29, 0.717) is 5.88 Å². The molecule has 3 nitrogen and oxygen atoms in total. The fourth-order valence-corrected chi connectivity index (χ4v) is 1.61. The third-order valence-corrected chi connectivity index (χ3v) is 2.78. The van der Waals surface area contributed by atoms with Crippen LogP contribution in [0.3, 0.4) is 0 Å². The Morgan fingerprint density at radius 3 is 2.81 bits per heavy atom. The highest BCUT2D eigenvalue weighted by atomic mass is 79.9. The van der Waals surface area contributed by atoms with Gasteiger partial charge in [-0.3, -0.25) is 0 Å². The van der Waals surface area contributed by atoms with Gasteiger partial charge in [0.1, 0.15) is 5.75 Å². The number of anilines is 1. The molecule has 0 aliphatic heterocycles. The normalized spacial score (nSPS) is 10.1. The summed E-state index contributed by atoms with van der Waals surface area (Å²) in [5.41, 5.74) is 7.48. The van der Waals surface area contributed by atoms with Gasteiger partial charge in [-0.15, -0.1) is 0 Å². The molecule has 0 radical (unpaired) electrons. The first-order valence-corrected chi connectivity index (χ1v) is 5.60. The number of halogens is 1. The number of hydrogen-bond donors (Lipinski definition) is 1. The molecule has 16 heavy (non-hydrogen) atoms. The van der Waals surface area contributed by atoms with Crippen LogP contribution in [0, 0.1) is 6.92 Å². The maximum atomic E-state index is 5.73. The molecule has 0 saturated carbocycles. The van der Waals surface area contributed by atoms with Crippen LogP contribution in [0.15, 0.2) is 41.0 Å². The van der Waals surface area contributed by atoms with Gasteiger partial charge in [0, 0.05) is 11.9 Å². The first-order valence-electron chi connectivity index (χ1n) is 4.81. The van der Waals surface area contributed by atoms with Crippen LogP contribution in [0.5, 0.6) is 11.6 Å². The quantitative estimate of drug-likeness (QED) is 0.855. The SMILES string of the molecule is Cc1cc(Oc2ncccc2Br)ccc1N.